The Hall–Kier alpha value is -3.15. The summed E-state index contributed by atoms with van der Waals surface area (Å²) in [4.78, 5) is 37.6. The zero-order valence-corrected chi connectivity index (χ0v) is 15.1. The molecule has 140 valence electrons. The molecule has 0 aromatic heterocycles. The van der Waals surface area contributed by atoms with Crippen LogP contribution in [0.3, 0.4) is 0 Å². The van der Waals surface area contributed by atoms with E-state index in [1.165, 1.54) is 4.90 Å². The lowest BCUT2D eigenvalue weighted by Crippen LogP contribution is -2.31. The molecule has 2 aromatic rings. The van der Waals surface area contributed by atoms with Crippen LogP contribution in [0.1, 0.15) is 39.6 Å². The van der Waals surface area contributed by atoms with E-state index < -0.39 is 0 Å². The fourth-order valence-corrected chi connectivity index (χ4v) is 2.94. The van der Waals surface area contributed by atoms with Crippen LogP contribution in [0.15, 0.2) is 48.5 Å². The molecule has 0 fully saturated rings. The van der Waals surface area contributed by atoms with Crippen molar-refractivity contribution in [2.45, 2.75) is 19.8 Å². The highest BCUT2D eigenvalue weighted by Gasteiger charge is 2.34. The van der Waals surface area contributed by atoms with Gasteiger partial charge in [-0.3, -0.25) is 19.3 Å². The Balaban J connectivity index is 1.42. The number of ether oxygens (including phenoxy) is 2. The van der Waals surface area contributed by atoms with Crippen LogP contribution in [-0.4, -0.2) is 42.4 Å². The first kappa shape index (κ1) is 18.6. The van der Waals surface area contributed by atoms with Gasteiger partial charge in [0.1, 0.15) is 5.75 Å². The molecular weight excluding hydrogens is 346 g/mol. The molecule has 2 aromatic carbocycles. The Kier molecular flexibility index (Phi) is 5.86. The molecule has 0 spiro atoms. The van der Waals surface area contributed by atoms with Crippen LogP contribution < -0.4 is 4.74 Å². The fourth-order valence-electron chi connectivity index (χ4n) is 2.94. The number of amides is 2. The molecule has 6 heteroatoms. The maximum Gasteiger partial charge on any atom is 0.310 e. The lowest BCUT2D eigenvalue weighted by Gasteiger charge is -2.13. The third-order valence-corrected chi connectivity index (χ3v) is 4.25. The Morgan fingerprint density at radius 1 is 0.963 bits per heavy atom. The smallest absolute Gasteiger partial charge is 0.310 e. The van der Waals surface area contributed by atoms with Crippen LogP contribution in [0.5, 0.6) is 5.75 Å². The summed E-state index contributed by atoms with van der Waals surface area (Å²) in [5.74, 6) is -0.176. The summed E-state index contributed by atoms with van der Waals surface area (Å²) in [7, 11) is 0. The van der Waals surface area contributed by atoms with Gasteiger partial charge in [0.15, 0.2) is 0 Å². The number of nitrogens with zero attached hydrogens (tertiary/aromatic N) is 1. The van der Waals surface area contributed by atoms with E-state index in [4.69, 9.17) is 9.47 Å². The Morgan fingerprint density at radius 2 is 1.59 bits per heavy atom. The first-order valence-electron chi connectivity index (χ1n) is 8.92. The highest BCUT2D eigenvalue weighted by Crippen LogP contribution is 2.22. The molecular formula is C21H21NO5. The number of carbonyl (C=O) groups is 3. The van der Waals surface area contributed by atoms with Gasteiger partial charge in [-0.25, -0.2) is 0 Å². The minimum absolute atomic E-state index is 0.156. The van der Waals surface area contributed by atoms with Crippen LogP contribution in [-0.2, 0) is 16.0 Å². The summed E-state index contributed by atoms with van der Waals surface area (Å²) in [6, 6.07) is 14.0. The Labute approximate surface area is 157 Å². The highest BCUT2D eigenvalue weighted by molar-refractivity contribution is 6.21. The minimum atomic E-state index is -0.346. The van der Waals surface area contributed by atoms with E-state index >= 15 is 0 Å². The van der Waals surface area contributed by atoms with Crippen LogP contribution in [0.2, 0.25) is 0 Å². The SMILES string of the molecule is CCOc1ccc(CC(=O)OCCCN2C(=O)c3ccccc3C2=O)cc1. The molecule has 0 bridgehead atoms. The van der Waals surface area contributed by atoms with Gasteiger partial charge in [-0.15, -0.1) is 0 Å². The van der Waals surface area contributed by atoms with Gasteiger partial charge in [0.2, 0.25) is 0 Å². The van der Waals surface area contributed by atoms with Crippen LogP contribution >= 0.6 is 0 Å². The second-order valence-corrected chi connectivity index (χ2v) is 6.14. The molecule has 0 aliphatic carbocycles. The van der Waals surface area contributed by atoms with Crippen molar-refractivity contribution >= 4 is 17.8 Å². The number of carbonyl (C=O) groups excluding carboxylic acids is 3. The van der Waals surface area contributed by atoms with E-state index in [9.17, 15) is 14.4 Å². The molecule has 27 heavy (non-hydrogen) atoms. The van der Waals surface area contributed by atoms with Crippen molar-refractivity contribution in [2.75, 3.05) is 19.8 Å². The summed E-state index contributed by atoms with van der Waals surface area (Å²) in [6.07, 6.45) is 0.569. The molecule has 1 heterocycles. The molecule has 0 N–H and O–H groups in total. The molecule has 0 radical (unpaired) electrons. The number of rotatable bonds is 8. The third-order valence-electron chi connectivity index (χ3n) is 4.25. The molecule has 3 rings (SSSR count). The van der Waals surface area contributed by atoms with Gasteiger partial charge in [0, 0.05) is 6.54 Å². The normalized spacial score (nSPS) is 12.9. The molecule has 2 amide bonds. The number of hydrogen-bond acceptors (Lipinski definition) is 5. The standard InChI is InChI=1S/C21H21NO5/c1-2-26-16-10-8-15(9-11-16)14-19(23)27-13-5-12-22-20(24)17-6-3-4-7-18(17)21(22)25/h3-4,6-11H,2,5,12-14H2,1H3. The van der Waals surface area contributed by atoms with Gasteiger partial charge in [-0.05, 0) is 43.2 Å². The topological polar surface area (TPSA) is 72.9 Å². The van der Waals surface area contributed by atoms with Crippen molar-refractivity contribution in [3.63, 3.8) is 0 Å². The number of fused-ring (bicyclic) bond motifs is 1. The maximum atomic E-state index is 12.2. The number of hydrogen-bond donors (Lipinski definition) is 0. The summed E-state index contributed by atoms with van der Waals surface area (Å²) >= 11 is 0. The molecule has 0 saturated carbocycles. The van der Waals surface area contributed by atoms with Gasteiger partial charge in [0.05, 0.1) is 30.8 Å². The van der Waals surface area contributed by atoms with Crippen molar-refractivity contribution in [1.82, 2.24) is 4.90 Å². The fraction of sp³-hybridized carbons (Fsp3) is 0.286. The zero-order valence-electron chi connectivity index (χ0n) is 15.1. The average Bonchev–Trinajstić information content (AvgIpc) is 2.92. The Morgan fingerprint density at radius 3 is 2.19 bits per heavy atom. The lowest BCUT2D eigenvalue weighted by atomic mass is 10.1. The third kappa shape index (κ3) is 4.34. The van der Waals surface area contributed by atoms with Crippen molar-refractivity contribution in [1.29, 1.82) is 0 Å². The van der Waals surface area contributed by atoms with E-state index in [0.717, 1.165) is 11.3 Å². The van der Waals surface area contributed by atoms with Gasteiger partial charge >= 0.3 is 5.97 Å². The van der Waals surface area contributed by atoms with E-state index in [2.05, 4.69) is 0 Å². The number of imide groups is 1. The summed E-state index contributed by atoms with van der Waals surface area (Å²) in [6.45, 7) is 2.88. The van der Waals surface area contributed by atoms with Gasteiger partial charge in [-0.1, -0.05) is 24.3 Å². The van der Waals surface area contributed by atoms with Crippen LogP contribution in [0, 0.1) is 0 Å². The maximum absolute atomic E-state index is 12.2. The molecule has 6 nitrogen and oxygen atoms in total. The zero-order chi connectivity index (χ0) is 19.2. The van der Waals surface area contributed by atoms with Crippen molar-refractivity contribution < 1.29 is 23.9 Å². The van der Waals surface area contributed by atoms with Gasteiger partial charge < -0.3 is 9.47 Å². The summed E-state index contributed by atoms with van der Waals surface area (Å²) < 4.78 is 10.6. The van der Waals surface area contributed by atoms with E-state index in [1.807, 2.05) is 31.2 Å². The van der Waals surface area contributed by atoms with Crippen molar-refractivity contribution in [3.8, 4) is 5.75 Å². The summed E-state index contributed by atoms with van der Waals surface area (Å²) in [5, 5.41) is 0. The summed E-state index contributed by atoms with van der Waals surface area (Å²) in [5.41, 5.74) is 1.69. The van der Waals surface area contributed by atoms with Crippen molar-refractivity contribution in [3.05, 3.63) is 65.2 Å². The van der Waals surface area contributed by atoms with Crippen LogP contribution in [0.4, 0.5) is 0 Å². The van der Waals surface area contributed by atoms with E-state index in [0.29, 0.717) is 24.2 Å². The van der Waals surface area contributed by atoms with Gasteiger partial charge in [0.25, 0.3) is 11.8 Å². The number of esters is 1. The molecule has 0 unspecified atom stereocenters. The van der Waals surface area contributed by atoms with Gasteiger partial charge in [-0.2, -0.15) is 0 Å². The predicted molar refractivity (Wildman–Crippen MR) is 98.7 cm³/mol. The molecule has 1 aliphatic heterocycles. The second kappa shape index (κ2) is 8.49. The number of benzene rings is 2. The molecule has 0 atom stereocenters. The highest BCUT2D eigenvalue weighted by atomic mass is 16.5. The Bertz CT molecular complexity index is 809. The monoisotopic (exact) mass is 367 g/mol. The van der Waals surface area contributed by atoms with E-state index in [-0.39, 0.29) is 37.4 Å². The van der Waals surface area contributed by atoms with Crippen molar-refractivity contribution in [2.24, 2.45) is 0 Å². The molecule has 0 saturated heterocycles. The second-order valence-electron chi connectivity index (χ2n) is 6.14. The minimum Gasteiger partial charge on any atom is -0.494 e. The first-order valence-corrected chi connectivity index (χ1v) is 8.92. The van der Waals surface area contributed by atoms with Crippen LogP contribution in [0.25, 0.3) is 0 Å². The average molecular weight is 367 g/mol. The van der Waals surface area contributed by atoms with E-state index in [1.54, 1.807) is 24.3 Å². The largest absolute Gasteiger partial charge is 0.494 e. The first-order chi connectivity index (χ1) is 13.1. The predicted octanol–water partition coefficient (Wildman–Crippen LogP) is 2.86. The molecule has 1 aliphatic rings. The quantitative estimate of drug-likeness (QED) is 0.408. The lowest BCUT2D eigenvalue weighted by molar-refractivity contribution is -0.142.